The Balaban J connectivity index is 1.30. The van der Waals surface area contributed by atoms with E-state index in [0.29, 0.717) is 28.7 Å². The summed E-state index contributed by atoms with van der Waals surface area (Å²) in [6.07, 6.45) is 12.6. The fourth-order valence-corrected chi connectivity index (χ4v) is 8.61. The molecule has 7 atom stereocenters. The van der Waals surface area contributed by atoms with Gasteiger partial charge in [-0.05, 0) is 111 Å². The number of hydrogen-bond acceptors (Lipinski definition) is 4. The van der Waals surface area contributed by atoms with Crippen molar-refractivity contribution < 1.29 is 9.90 Å². The predicted octanol–water partition coefficient (Wildman–Crippen LogP) is 6.68. The third-order valence-corrected chi connectivity index (χ3v) is 10.7. The minimum atomic E-state index is -0.488. The number of nitrogens with zero attached hydrogens (tertiary/aromatic N) is 2. The molecule has 196 valence electrons. The van der Waals surface area contributed by atoms with Crippen molar-refractivity contribution in [3.8, 4) is 6.07 Å². The van der Waals surface area contributed by atoms with Gasteiger partial charge in [0.1, 0.15) is 11.6 Å². The molecule has 0 bridgehead atoms. The molecule has 6 heteroatoms. The van der Waals surface area contributed by atoms with E-state index in [2.05, 4.69) is 30.5 Å². The Morgan fingerprint density at radius 3 is 2.65 bits per heavy atom. The summed E-state index contributed by atoms with van der Waals surface area (Å²) in [6, 6.07) is 9.01. The average Bonchev–Trinajstić information content (AvgIpc) is 3.24. The second-order valence-electron chi connectivity index (χ2n) is 12.2. The first kappa shape index (κ1) is 26.2. The Bertz CT molecular complexity index is 1200. The number of hydrogen-bond donors (Lipinski definition) is 2. The van der Waals surface area contributed by atoms with Crippen molar-refractivity contribution in [2.24, 2.45) is 39.6 Å². The first-order chi connectivity index (χ1) is 17.7. The van der Waals surface area contributed by atoms with Gasteiger partial charge in [0.15, 0.2) is 0 Å². The van der Waals surface area contributed by atoms with Crippen LogP contribution in [0.15, 0.2) is 46.6 Å². The number of hydrazone groups is 1. The molecule has 0 heterocycles. The number of nitriles is 1. The highest BCUT2D eigenvalue weighted by atomic mass is 35.5. The van der Waals surface area contributed by atoms with Crippen LogP contribution in [0.5, 0.6) is 0 Å². The zero-order chi connectivity index (χ0) is 26.4. The van der Waals surface area contributed by atoms with E-state index < -0.39 is 5.91 Å². The van der Waals surface area contributed by atoms with E-state index in [9.17, 15) is 15.2 Å². The van der Waals surface area contributed by atoms with Crippen LogP contribution < -0.4 is 5.43 Å². The number of aliphatic hydroxyl groups is 1. The maximum absolute atomic E-state index is 12.7. The number of nitrogens with one attached hydrogen (secondary N) is 1. The van der Waals surface area contributed by atoms with E-state index in [1.54, 1.807) is 30.3 Å². The molecular weight excluding hydrogens is 482 g/mol. The van der Waals surface area contributed by atoms with Crippen molar-refractivity contribution in [3.05, 3.63) is 52.1 Å². The number of fused-ring (bicyclic) bond motifs is 5. The summed E-state index contributed by atoms with van der Waals surface area (Å²) in [5.74, 6) is 1.87. The van der Waals surface area contributed by atoms with E-state index in [1.165, 1.54) is 24.8 Å². The van der Waals surface area contributed by atoms with Crippen LogP contribution in [0.1, 0.15) is 77.7 Å². The molecule has 5 rings (SSSR count). The largest absolute Gasteiger partial charge is 0.393 e. The van der Waals surface area contributed by atoms with E-state index in [-0.39, 0.29) is 22.5 Å². The molecule has 0 radical (unpaired) electrons. The third kappa shape index (κ3) is 4.68. The zero-order valence-electron chi connectivity index (χ0n) is 22.1. The summed E-state index contributed by atoms with van der Waals surface area (Å²) < 4.78 is 0. The zero-order valence-corrected chi connectivity index (χ0v) is 22.9. The number of amides is 1. The molecule has 4 aliphatic rings. The summed E-state index contributed by atoms with van der Waals surface area (Å²) in [5, 5.41) is 24.9. The Labute approximate surface area is 225 Å². The molecule has 1 aromatic rings. The monoisotopic (exact) mass is 519 g/mol. The van der Waals surface area contributed by atoms with Crippen molar-refractivity contribution in [2.45, 2.75) is 78.2 Å². The van der Waals surface area contributed by atoms with Gasteiger partial charge in [0, 0.05) is 16.7 Å². The van der Waals surface area contributed by atoms with Gasteiger partial charge in [-0.25, -0.2) is 5.43 Å². The highest BCUT2D eigenvalue weighted by molar-refractivity contribution is 6.30. The lowest BCUT2D eigenvalue weighted by Gasteiger charge is -2.58. The van der Waals surface area contributed by atoms with Crippen molar-refractivity contribution in [3.63, 3.8) is 0 Å². The van der Waals surface area contributed by atoms with Crippen molar-refractivity contribution in [1.82, 2.24) is 5.43 Å². The summed E-state index contributed by atoms with van der Waals surface area (Å²) in [4.78, 5) is 12.7. The summed E-state index contributed by atoms with van der Waals surface area (Å²) in [7, 11) is 0. The van der Waals surface area contributed by atoms with Gasteiger partial charge in [0.05, 0.1) is 6.10 Å². The molecule has 0 unspecified atom stereocenters. The molecule has 0 aliphatic heterocycles. The molecule has 3 saturated carbocycles. The Kier molecular flexibility index (Phi) is 7.11. The quantitative estimate of drug-likeness (QED) is 0.153. The summed E-state index contributed by atoms with van der Waals surface area (Å²) in [6.45, 7) is 6.94. The topological polar surface area (TPSA) is 85.5 Å². The summed E-state index contributed by atoms with van der Waals surface area (Å²) in [5.41, 5.74) is 6.29. The third-order valence-electron chi connectivity index (χ3n) is 10.5. The molecule has 37 heavy (non-hydrogen) atoms. The van der Waals surface area contributed by atoms with Gasteiger partial charge in [-0.1, -0.05) is 49.2 Å². The molecule has 3 fully saturated rings. The minimum Gasteiger partial charge on any atom is -0.393 e. The van der Waals surface area contributed by atoms with Gasteiger partial charge in [0.25, 0.3) is 5.91 Å². The molecule has 0 saturated heterocycles. The smallest absolute Gasteiger partial charge is 0.282 e. The highest BCUT2D eigenvalue weighted by Crippen LogP contribution is 2.66. The van der Waals surface area contributed by atoms with Crippen LogP contribution in [0.4, 0.5) is 0 Å². The van der Waals surface area contributed by atoms with Crippen LogP contribution in [0.3, 0.4) is 0 Å². The molecule has 0 aromatic heterocycles. The maximum atomic E-state index is 12.7. The van der Waals surface area contributed by atoms with Crippen molar-refractivity contribution in [2.75, 3.05) is 0 Å². The predicted molar refractivity (Wildman–Crippen MR) is 147 cm³/mol. The van der Waals surface area contributed by atoms with E-state index >= 15 is 0 Å². The number of carbonyl (C=O) groups is 1. The molecule has 0 spiro atoms. The van der Waals surface area contributed by atoms with Gasteiger partial charge in [-0.15, -0.1) is 0 Å². The van der Waals surface area contributed by atoms with Crippen LogP contribution in [0.25, 0.3) is 6.08 Å². The van der Waals surface area contributed by atoms with Gasteiger partial charge >= 0.3 is 0 Å². The van der Waals surface area contributed by atoms with E-state index in [4.69, 9.17) is 11.6 Å². The number of aliphatic hydroxyl groups excluding tert-OH is 1. The number of benzene rings is 1. The van der Waals surface area contributed by atoms with Crippen LogP contribution >= 0.6 is 11.6 Å². The fourth-order valence-electron chi connectivity index (χ4n) is 8.48. The SMILES string of the molecule is C/C(=N\NC(=O)/C(C#N)=C/c1ccc(Cl)cc1)[C@H]1CC[C@H]2[C@@H]3CC=C4C[C@@H](O)CC[C@]4(C)[C@H]3CC[C@]12C. The van der Waals surface area contributed by atoms with Gasteiger partial charge in [0.2, 0.25) is 0 Å². The number of carbonyl (C=O) groups excluding carboxylic acids is 1. The Hall–Kier alpha value is -2.42. The Morgan fingerprint density at radius 1 is 1.16 bits per heavy atom. The van der Waals surface area contributed by atoms with E-state index in [1.807, 2.05) is 13.0 Å². The van der Waals surface area contributed by atoms with Crippen LogP contribution in [-0.2, 0) is 4.79 Å². The lowest BCUT2D eigenvalue weighted by molar-refractivity contribution is -0.117. The lowest BCUT2D eigenvalue weighted by atomic mass is 9.47. The second kappa shape index (κ2) is 10.0. The fraction of sp³-hybridized carbons (Fsp3) is 0.581. The Morgan fingerprint density at radius 2 is 1.92 bits per heavy atom. The van der Waals surface area contributed by atoms with Gasteiger partial charge in [-0.3, -0.25) is 4.79 Å². The molecular formula is C31H38ClN3O2. The van der Waals surface area contributed by atoms with Crippen LogP contribution in [0, 0.1) is 45.8 Å². The number of halogens is 1. The number of allylic oxidation sites excluding steroid dienone is 1. The first-order valence-corrected chi connectivity index (χ1v) is 14.1. The molecule has 4 aliphatic carbocycles. The minimum absolute atomic E-state index is 0.0190. The standard InChI is InChI=1S/C31H38ClN3O2/c1-19(34-35-29(37)21(18-33)16-20-4-7-23(32)8-5-20)26-10-11-27-25-9-6-22-17-24(36)12-14-30(22,2)28(25)13-15-31(26,27)3/h4-8,16,24-28,36H,9-15,17H2,1-3H3,(H,35,37)/b21-16+,34-19+/t24-,25-,26+,27-,28-,30-,31+/m0/s1. The number of rotatable bonds is 4. The van der Waals surface area contributed by atoms with Crippen LogP contribution in [0.2, 0.25) is 5.02 Å². The van der Waals surface area contributed by atoms with Crippen LogP contribution in [-0.4, -0.2) is 22.8 Å². The maximum Gasteiger partial charge on any atom is 0.282 e. The lowest BCUT2D eigenvalue weighted by Crippen LogP contribution is -2.51. The second-order valence-corrected chi connectivity index (χ2v) is 12.7. The van der Waals surface area contributed by atoms with Crippen molar-refractivity contribution in [1.29, 1.82) is 5.26 Å². The molecule has 5 nitrogen and oxygen atoms in total. The first-order valence-electron chi connectivity index (χ1n) is 13.7. The van der Waals surface area contributed by atoms with E-state index in [0.717, 1.165) is 43.4 Å². The highest BCUT2D eigenvalue weighted by Gasteiger charge is 2.59. The van der Waals surface area contributed by atoms with Gasteiger partial charge < -0.3 is 5.11 Å². The van der Waals surface area contributed by atoms with Crippen molar-refractivity contribution >= 4 is 29.3 Å². The summed E-state index contributed by atoms with van der Waals surface area (Å²) >= 11 is 5.94. The normalized spacial score (nSPS) is 37.5. The average molecular weight is 520 g/mol. The molecule has 1 amide bonds. The van der Waals surface area contributed by atoms with Gasteiger partial charge in [-0.2, -0.15) is 10.4 Å². The molecule has 2 N–H and O–H groups in total. The molecule has 1 aromatic carbocycles.